The molecule has 3 rings (SSSR count). The van der Waals surface area contributed by atoms with Gasteiger partial charge in [0.05, 0.1) is 36.3 Å². The molecule has 0 saturated heterocycles. The van der Waals surface area contributed by atoms with Gasteiger partial charge in [-0.2, -0.15) is 5.10 Å². The van der Waals surface area contributed by atoms with Crippen LogP contribution in [-0.2, 0) is 4.79 Å². The van der Waals surface area contributed by atoms with Crippen LogP contribution in [0.15, 0.2) is 67.0 Å². The number of carbonyl (C=O) groups excluding carboxylic acids is 1. The predicted molar refractivity (Wildman–Crippen MR) is 93.2 cm³/mol. The Labute approximate surface area is 144 Å². The molecule has 1 unspecified atom stereocenters. The lowest BCUT2D eigenvalue weighted by Gasteiger charge is -2.10. The number of aliphatic hydroxyl groups is 1. The van der Waals surface area contributed by atoms with Crippen molar-refractivity contribution in [1.82, 2.24) is 9.78 Å². The molecule has 2 N–H and O–H groups in total. The van der Waals surface area contributed by atoms with Crippen molar-refractivity contribution >= 4 is 23.2 Å². The van der Waals surface area contributed by atoms with Crippen molar-refractivity contribution < 1.29 is 9.90 Å². The zero-order valence-corrected chi connectivity index (χ0v) is 13.5. The largest absolute Gasteiger partial charge is 0.388 e. The summed E-state index contributed by atoms with van der Waals surface area (Å²) in [6.07, 6.45) is 2.37. The van der Waals surface area contributed by atoms with E-state index >= 15 is 0 Å². The van der Waals surface area contributed by atoms with Crippen molar-refractivity contribution in [2.45, 2.75) is 12.5 Å². The smallest absolute Gasteiger partial charge is 0.227 e. The molecule has 1 atom stereocenters. The number of nitrogens with zero attached hydrogens (tertiary/aromatic N) is 2. The minimum absolute atomic E-state index is 0.0435. The molecule has 2 aromatic carbocycles. The van der Waals surface area contributed by atoms with E-state index in [-0.39, 0.29) is 12.3 Å². The van der Waals surface area contributed by atoms with Gasteiger partial charge in [0, 0.05) is 5.02 Å². The Balaban J connectivity index is 1.61. The molecule has 0 radical (unpaired) electrons. The molecule has 122 valence electrons. The first-order valence-electron chi connectivity index (χ1n) is 7.45. The number of benzene rings is 2. The van der Waals surface area contributed by atoms with E-state index in [4.69, 9.17) is 11.6 Å². The normalized spacial score (nSPS) is 11.9. The highest BCUT2D eigenvalue weighted by atomic mass is 35.5. The van der Waals surface area contributed by atoms with Crippen LogP contribution in [0, 0.1) is 0 Å². The quantitative estimate of drug-likeness (QED) is 0.745. The fraction of sp³-hybridized carbons (Fsp3) is 0.111. The standard InChI is InChI=1S/C18H16ClN3O2/c19-14-8-6-13(7-9-14)17(23)10-18(24)21-15-11-20-22(12-15)16-4-2-1-3-5-16/h1-9,11-12,17,23H,10H2,(H,21,24). The van der Waals surface area contributed by atoms with Gasteiger partial charge in [-0.25, -0.2) is 4.68 Å². The molecule has 6 heteroatoms. The Bertz CT molecular complexity index is 816. The first kappa shape index (κ1) is 16.2. The first-order chi connectivity index (χ1) is 11.6. The van der Waals surface area contributed by atoms with Crippen molar-refractivity contribution in [3.05, 3.63) is 77.6 Å². The number of hydrogen-bond donors (Lipinski definition) is 2. The van der Waals surface area contributed by atoms with Crippen molar-refractivity contribution in [3.63, 3.8) is 0 Å². The molecule has 1 amide bonds. The molecule has 5 nitrogen and oxygen atoms in total. The second-order valence-corrected chi connectivity index (χ2v) is 5.77. The average molecular weight is 342 g/mol. The van der Waals surface area contributed by atoms with Gasteiger partial charge >= 0.3 is 0 Å². The molecule has 0 fully saturated rings. The molecule has 24 heavy (non-hydrogen) atoms. The minimum Gasteiger partial charge on any atom is -0.388 e. The number of nitrogens with one attached hydrogen (secondary N) is 1. The maximum atomic E-state index is 12.1. The first-order valence-corrected chi connectivity index (χ1v) is 7.83. The summed E-state index contributed by atoms with van der Waals surface area (Å²) in [5, 5.41) is 17.7. The van der Waals surface area contributed by atoms with Gasteiger partial charge in [0.1, 0.15) is 0 Å². The fourth-order valence-corrected chi connectivity index (χ4v) is 2.43. The van der Waals surface area contributed by atoms with Crippen LogP contribution in [0.5, 0.6) is 0 Å². The van der Waals surface area contributed by atoms with Gasteiger partial charge in [0.25, 0.3) is 0 Å². The highest BCUT2D eigenvalue weighted by Gasteiger charge is 2.14. The number of carbonyl (C=O) groups is 1. The number of hydrogen-bond acceptors (Lipinski definition) is 3. The number of anilines is 1. The summed E-state index contributed by atoms with van der Waals surface area (Å²) in [6.45, 7) is 0. The van der Waals surface area contributed by atoms with Crippen molar-refractivity contribution in [2.75, 3.05) is 5.32 Å². The van der Waals surface area contributed by atoms with Crippen molar-refractivity contribution in [1.29, 1.82) is 0 Å². The van der Waals surface area contributed by atoms with E-state index in [1.54, 1.807) is 41.3 Å². The van der Waals surface area contributed by atoms with Crippen LogP contribution in [0.1, 0.15) is 18.1 Å². The second-order valence-electron chi connectivity index (χ2n) is 5.33. The Hall–Kier alpha value is -2.63. The van der Waals surface area contributed by atoms with Gasteiger partial charge in [-0.1, -0.05) is 41.9 Å². The summed E-state index contributed by atoms with van der Waals surface area (Å²) in [5.74, 6) is -0.287. The number of aromatic nitrogens is 2. The van der Waals surface area contributed by atoms with E-state index in [1.807, 2.05) is 30.3 Å². The zero-order valence-electron chi connectivity index (χ0n) is 12.8. The summed E-state index contributed by atoms with van der Waals surface area (Å²) in [7, 11) is 0. The second kappa shape index (κ2) is 7.29. The third-order valence-electron chi connectivity index (χ3n) is 3.52. The van der Waals surface area contributed by atoms with Crippen molar-refractivity contribution in [3.8, 4) is 5.69 Å². The monoisotopic (exact) mass is 341 g/mol. The number of amides is 1. The average Bonchev–Trinajstić information content (AvgIpc) is 3.04. The number of para-hydroxylation sites is 1. The van der Waals surface area contributed by atoms with E-state index in [0.717, 1.165) is 5.69 Å². The van der Waals surface area contributed by atoms with E-state index in [2.05, 4.69) is 10.4 Å². The van der Waals surface area contributed by atoms with Crippen LogP contribution >= 0.6 is 11.6 Å². The van der Waals surface area contributed by atoms with E-state index in [9.17, 15) is 9.90 Å². The summed E-state index contributed by atoms with van der Waals surface area (Å²) in [5.41, 5.74) is 2.13. The van der Waals surface area contributed by atoms with Crippen LogP contribution in [0.4, 0.5) is 5.69 Å². The van der Waals surface area contributed by atoms with Gasteiger partial charge in [-0.15, -0.1) is 0 Å². The third kappa shape index (κ3) is 4.01. The molecule has 3 aromatic rings. The van der Waals surface area contributed by atoms with Gasteiger partial charge in [-0.3, -0.25) is 4.79 Å². The van der Waals surface area contributed by atoms with Gasteiger partial charge in [-0.05, 0) is 29.8 Å². The van der Waals surface area contributed by atoms with Gasteiger partial charge in [0.2, 0.25) is 5.91 Å². The van der Waals surface area contributed by atoms with Crippen LogP contribution in [0.25, 0.3) is 5.69 Å². The number of halogens is 1. The Morgan fingerprint density at radius 1 is 1.17 bits per heavy atom. The van der Waals surface area contributed by atoms with Crippen molar-refractivity contribution in [2.24, 2.45) is 0 Å². The molecular weight excluding hydrogens is 326 g/mol. The predicted octanol–water partition coefficient (Wildman–Crippen LogP) is 3.59. The number of aliphatic hydroxyl groups excluding tert-OH is 1. The minimum atomic E-state index is -0.883. The molecule has 0 aliphatic rings. The fourth-order valence-electron chi connectivity index (χ4n) is 2.30. The summed E-state index contributed by atoms with van der Waals surface area (Å²) < 4.78 is 1.67. The van der Waals surface area contributed by atoms with Crippen LogP contribution in [0.3, 0.4) is 0 Å². The van der Waals surface area contributed by atoms with E-state index in [1.165, 1.54) is 0 Å². The van der Waals surface area contributed by atoms with E-state index in [0.29, 0.717) is 16.3 Å². The molecule has 0 bridgehead atoms. The van der Waals surface area contributed by atoms with Crippen LogP contribution in [-0.4, -0.2) is 20.8 Å². The Kier molecular flexibility index (Phi) is 4.93. The maximum absolute atomic E-state index is 12.1. The zero-order chi connectivity index (χ0) is 16.9. The van der Waals surface area contributed by atoms with Gasteiger partial charge in [0.15, 0.2) is 0 Å². The molecular formula is C18H16ClN3O2. The summed E-state index contributed by atoms with van der Waals surface area (Å²) >= 11 is 5.81. The SMILES string of the molecule is O=C(CC(O)c1ccc(Cl)cc1)Nc1cnn(-c2ccccc2)c1. The summed E-state index contributed by atoms with van der Waals surface area (Å²) in [6, 6.07) is 16.4. The molecule has 0 spiro atoms. The third-order valence-corrected chi connectivity index (χ3v) is 3.77. The molecule has 0 saturated carbocycles. The van der Waals surface area contributed by atoms with E-state index < -0.39 is 6.10 Å². The lowest BCUT2D eigenvalue weighted by Crippen LogP contribution is -2.15. The molecule has 1 heterocycles. The topological polar surface area (TPSA) is 67.2 Å². The van der Waals surface area contributed by atoms with Crippen LogP contribution in [0.2, 0.25) is 5.02 Å². The molecule has 1 aromatic heterocycles. The maximum Gasteiger partial charge on any atom is 0.227 e. The lowest BCUT2D eigenvalue weighted by atomic mass is 10.1. The van der Waals surface area contributed by atoms with Crippen LogP contribution < -0.4 is 5.32 Å². The molecule has 0 aliphatic carbocycles. The number of rotatable bonds is 5. The highest BCUT2D eigenvalue weighted by Crippen LogP contribution is 2.20. The lowest BCUT2D eigenvalue weighted by molar-refractivity contribution is -0.118. The molecule has 0 aliphatic heterocycles. The highest BCUT2D eigenvalue weighted by molar-refractivity contribution is 6.30. The van der Waals surface area contributed by atoms with Gasteiger partial charge < -0.3 is 10.4 Å². The summed E-state index contributed by atoms with van der Waals surface area (Å²) in [4.78, 5) is 12.1. The Morgan fingerprint density at radius 3 is 2.58 bits per heavy atom. The Morgan fingerprint density at radius 2 is 1.88 bits per heavy atom.